The van der Waals surface area contributed by atoms with Crippen LogP contribution in [0, 0.1) is 0 Å². The summed E-state index contributed by atoms with van der Waals surface area (Å²) < 4.78 is 5.63. The first-order valence-corrected chi connectivity index (χ1v) is 4.57. The molecule has 0 radical (unpaired) electrons. The van der Waals surface area contributed by atoms with E-state index >= 15 is 0 Å². The summed E-state index contributed by atoms with van der Waals surface area (Å²) in [5.74, 6) is 0. The molecule has 1 aliphatic rings. The van der Waals surface area contributed by atoms with Crippen LogP contribution in [0.25, 0.3) is 0 Å². The van der Waals surface area contributed by atoms with E-state index in [2.05, 4.69) is 31.2 Å². The predicted molar refractivity (Wildman–Crippen MR) is 49.1 cm³/mol. The van der Waals surface area contributed by atoms with Gasteiger partial charge >= 0.3 is 0 Å². The minimum atomic E-state index is 0.281. The van der Waals surface area contributed by atoms with Crippen LogP contribution >= 0.6 is 0 Å². The van der Waals surface area contributed by atoms with E-state index < -0.39 is 0 Å². The molecule has 1 aromatic rings. The van der Waals surface area contributed by atoms with Crippen LogP contribution in [0.3, 0.4) is 0 Å². The highest BCUT2D eigenvalue weighted by molar-refractivity contribution is 5.29. The molecular weight excluding hydrogens is 148 g/mol. The molecule has 0 amide bonds. The summed E-state index contributed by atoms with van der Waals surface area (Å²) in [6, 6.07) is 8.58. The van der Waals surface area contributed by atoms with Crippen molar-refractivity contribution in [1.82, 2.24) is 0 Å². The third-order valence-corrected chi connectivity index (χ3v) is 2.45. The van der Waals surface area contributed by atoms with Crippen molar-refractivity contribution in [3.8, 4) is 0 Å². The Morgan fingerprint density at radius 1 is 1.33 bits per heavy atom. The second-order valence-corrected chi connectivity index (χ2v) is 3.32. The maximum absolute atomic E-state index is 5.63. The number of aryl methyl sites for hydroxylation is 1. The van der Waals surface area contributed by atoms with Gasteiger partial charge in [-0.25, -0.2) is 0 Å². The van der Waals surface area contributed by atoms with Gasteiger partial charge in [-0.05, 0) is 30.9 Å². The summed E-state index contributed by atoms with van der Waals surface area (Å²) in [4.78, 5) is 0. The van der Waals surface area contributed by atoms with Crippen LogP contribution in [-0.4, -0.2) is 6.61 Å². The smallest absolute Gasteiger partial charge is 0.0799 e. The lowest BCUT2D eigenvalue weighted by Gasteiger charge is -2.11. The van der Waals surface area contributed by atoms with Gasteiger partial charge in [0.1, 0.15) is 0 Å². The van der Waals surface area contributed by atoms with Crippen LogP contribution in [0.1, 0.15) is 30.6 Å². The van der Waals surface area contributed by atoms with Gasteiger partial charge in [-0.1, -0.05) is 24.3 Å². The van der Waals surface area contributed by atoms with Crippen molar-refractivity contribution in [2.45, 2.75) is 25.9 Å². The summed E-state index contributed by atoms with van der Waals surface area (Å²) in [6.07, 6.45) is 2.60. The van der Waals surface area contributed by atoms with E-state index in [0.29, 0.717) is 0 Å². The second kappa shape index (κ2) is 3.28. The Labute approximate surface area is 73.4 Å². The van der Waals surface area contributed by atoms with Crippen molar-refractivity contribution >= 4 is 0 Å². The van der Waals surface area contributed by atoms with Gasteiger partial charge in [0, 0.05) is 6.61 Å². The molecule has 1 heterocycles. The Kier molecular flexibility index (Phi) is 2.13. The highest BCUT2D eigenvalue weighted by atomic mass is 16.5. The molecule has 2 rings (SSSR count). The fourth-order valence-electron chi connectivity index (χ4n) is 1.77. The molecule has 64 valence electrons. The number of rotatable bonds is 0. The highest BCUT2D eigenvalue weighted by Gasteiger charge is 2.13. The molecule has 0 fully saturated rings. The lowest BCUT2D eigenvalue weighted by molar-refractivity contribution is 0.0699. The molecule has 1 aromatic carbocycles. The van der Waals surface area contributed by atoms with Crippen molar-refractivity contribution in [1.29, 1.82) is 0 Å². The molecule has 1 nitrogen and oxygen atoms in total. The van der Waals surface area contributed by atoms with Crippen LogP contribution in [0.2, 0.25) is 0 Å². The topological polar surface area (TPSA) is 9.23 Å². The second-order valence-electron chi connectivity index (χ2n) is 3.32. The minimum Gasteiger partial charge on any atom is -0.374 e. The fraction of sp³-hybridized carbons (Fsp3) is 0.455. The molecule has 0 saturated heterocycles. The van der Waals surface area contributed by atoms with Gasteiger partial charge in [0.2, 0.25) is 0 Å². The molecule has 1 heteroatoms. The van der Waals surface area contributed by atoms with E-state index in [1.807, 2.05) is 0 Å². The largest absolute Gasteiger partial charge is 0.374 e. The Hall–Kier alpha value is -0.820. The van der Waals surface area contributed by atoms with E-state index in [1.165, 1.54) is 17.5 Å². The Morgan fingerprint density at radius 2 is 2.17 bits per heavy atom. The first kappa shape index (κ1) is 7.81. The number of fused-ring (bicyclic) bond motifs is 1. The lowest BCUT2D eigenvalue weighted by atomic mass is 10.0. The van der Waals surface area contributed by atoms with E-state index in [9.17, 15) is 0 Å². The van der Waals surface area contributed by atoms with Gasteiger partial charge in [-0.3, -0.25) is 0 Å². The number of benzene rings is 1. The van der Waals surface area contributed by atoms with Gasteiger partial charge in [-0.2, -0.15) is 0 Å². The van der Waals surface area contributed by atoms with E-state index in [-0.39, 0.29) is 6.10 Å². The van der Waals surface area contributed by atoms with Crippen molar-refractivity contribution in [3.63, 3.8) is 0 Å². The van der Waals surface area contributed by atoms with Crippen LogP contribution < -0.4 is 0 Å². The third-order valence-electron chi connectivity index (χ3n) is 2.45. The summed E-state index contributed by atoms with van der Waals surface area (Å²) in [5, 5.41) is 0. The molecule has 0 spiro atoms. The van der Waals surface area contributed by atoms with Crippen LogP contribution in [0.4, 0.5) is 0 Å². The minimum absolute atomic E-state index is 0.281. The van der Waals surface area contributed by atoms with Crippen LogP contribution in [0.5, 0.6) is 0 Å². The fourth-order valence-corrected chi connectivity index (χ4v) is 1.77. The molecule has 0 N–H and O–H groups in total. The zero-order chi connectivity index (χ0) is 8.39. The lowest BCUT2D eigenvalue weighted by Crippen LogP contribution is -1.98. The molecule has 0 saturated carbocycles. The zero-order valence-electron chi connectivity index (χ0n) is 7.42. The molecule has 1 unspecified atom stereocenters. The normalized spacial score (nSPS) is 22.9. The number of ether oxygens (including phenoxy) is 1. The predicted octanol–water partition coefficient (Wildman–Crippen LogP) is 2.71. The molecule has 0 bridgehead atoms. The average molecular weight is 162 g/mol. The molecule has 0 aromatic heterocycles. The summed E-state index contributed by atoms with van der Waals surface area (Å²) >= 11 is 0. The number of hydrogen-bond acceptors (Lipinski definition) is 1. The van der Waals surface area contributed by atoms with Crippen molar-refractivity contribution in [2.24, 2.45) is 0 Å². The molecule has 0 aliphatic carbocycles. The molecular formula is C11H14O. The third kappa shape index (κ3) is 1.37. The van der Waals surface area contributed by atoms with Gasteiger partial charge in [-0.15, -0.1) is 0 Å². The SMILES string of the molecule is CC1OCCCc2ccccc21. The monoisotopic (exact) mass is 162 g/mol. The first-order valence-electron chi connectivity index (χ1n) is 4.57. The average Bonchev–Trinajstić information content (AvgIpc) is 2.29. The van der Waals surface area contributed by atoms with Crippen molar-refractivity contribution in [3.05, 3.63) is 35.4 Å². The van der Waals surface area contributed by atoms with Gasteiger partial charge in [0.15, 0.2) is 0 Å². The summed E-state index contributed by atoms with van der Waals surface area (Å²) in [7, 11) is 0. The van der Waals surface area contributed by atoms with E-state index in [1.54, 1.807) is 0 Å². The molecule has 1 aliphatic heterocycles. The summed E-state index contributed by atoms with van der Waals surface area (Å²) in [6.45, 7) is 3.03. The van der Waals surface area contributed by atoms with E-state index in [4.69, 9.17) is 4.74 Å². The van der Waals surface area contributed by atoms with E-state index in [0.717, 1.165) is 13.0 Å². The zero-order valence-corrected chi connectivity index (χ0v) is 7.42. The maximum atomic E-state index is 5.63. The number of hydrogen-bond donors (Lipinski definition) is 0. The van der Waals surface area contributed by atoms with Crippen molar-refractivity contribution in [2.75, 3.05) is 6.61 Å². The van der Waals surface area contributed by atoms with Gasteiger partial charge in [0.25, 0.3) is 0 Å². The quantitative estimate of drug-likeness (QED) is 0.570. The van der Waals surface area contributed by atoms with Gasteiger partial charge in [0.05, 0.1) is 6.10 Å². The van der Waals surface area contributed by atoms with Gasteiger partial charge < -0.3 is 4.74 Å². The molecule has 12 heavy (non-hydrogen) atoms. The Bertz CT molecular complexity index is 267. The van der Waals surface area contributed by atoms with Crippen molar-refractivity contribution < 1.29 is 4.74 Å². The van der Waals surface area contributed by atoms with Crippen LogP contribution in [-0.2, 0) is 11.2 Å². The standard InChI is InChI=1S/C11H14O/c1-9-11-7-3-2-5-10(11)6-4-8-12-9/h2-3,5,7,9H,4,6,8H2,1H3. The Morgan fingerprint density at radius 3 is 3.08 bits per heavy atom. The summed E-state index contributed by atoms with van der Waals surface area (Å²) in [5.41, 5.74) is 2.83. The maximum Gasteiger partial charge on any atom is 0.0799 e. The van der Waals surface area contributed by atoms with Crippen LogP contribution in [0.15, 0.2) is 24.3 Å². The highest BCUT2D eigenvalue weighted by Crippen LogP contribution is 2.25. The first-order chi connectivity index (χ1) is 5.88. The Balaban J connectivity index is 2.39. The molecule has 1 atom stereocenters.